The fourth-order valence-corrected chi connectivity index (χ4v) is 4.07. The first-order valence-corrected chi connectivity index (χ1v) is 12.7. The van der Waals surface area contributed by atoms with Gasteiger partial charge in [0.25, 0.3) is 0 Å². The van der Waals surface area contributed by atoms with E-state index in [9.17, 15) is 4.79 Å². The Kier molecular flexibility index (Phi) is 11.8. The standard InChI is InChI=1S/C30H41NO2/c1-6-11-13-17-21-26-25(23-31(8-3)9-4)22-28(24-18-15-14-16-19-24)29(30(32)33-10-5)27(26)20-12-7-2/h14-16,18-19,22H,6-13,20,23H2,1-5H3. The third-order valence-electron chi connectivity index (χ3n) is 6.01. The van der Waals surface area contributed by atoms with E-state index in [1.54, 1.807) is 0 Å². The van der Waals surface area contributed by atoms with E-state index in [-0.39, 0.29) is 5.97 Å². The average molecular weight is 448 g/mol. The summed E-state index contributed by atoms with van der Waals surface area (Å²) < 4.78 is 5.57. The molecule has 0 heterocycles. The lowest BCUT2D eigenvalue weighted by Gasteiger charge is -2.24. The summed E-state index contributed by atoms with van der Waals surface area (Å²) in [5, 5.41) is 0. The molecule has 0 aliphatic carbocycles. The smallest absolute Gasteiger partial charge is 0.339 e. The summed E-state index contributed by atoms with van der Waals surface area (Å²) >= 11 is 0. The summed E-state index contributed by atoms with van der Waals surface area (Å²) in [6.07, 6.45) is 6.00. The summed E-state index contributed by atoms with van der Waals surface area (Å²) in [6.45, 7) is 13.8. The Bertz CT molecular complexity index is 933. The minimum Gasteiger partial charge on any atom is -0.462 e. The molecular formula is C30H41NO2. The predicted molar refractivity (Wildman–Crippen MR) is 139 cm³/mol. The van der Waals surface area contributed by atoms with Gasteiger partial charge in [-0.1, -0.05) is 82.7 Å². The van der Waals surface area contributed by atoms with Gasteiger partial charge < -0.3 is 4.74 Å². The zero-order valence-electron chi connectivity index (χ0n) is 21.3. The van der Waals surface area contributed by atoms with Crippen molar-refractivity contribution in [1.82, 2.24) is 4.90 Å². The molecule has 0 fully saturated rings. The minimum absolute atomic E-state index is 0.242. The predicted octanol–water partition coefficient (Wildman–Crippen LogP) is 7.26. The Balaban J connectivity index is 2.84. The molecule has 0 atom stereocenters. The van der Waals surface area contributed by atoms with Crippen LogP contribution in [0.1, 0.15) is 93.8 Å². The number of nitrogens with zero attached hydrogens (tertiary/aromatic N) is 1. The summed E-state index contributed by atoms with van der Waals surface area (Å²) in [5.41, 5.74) is 6.00. The third kappa shape index (κ3) is 7.47. The molecule has 0 radical (unpaired) electrons. The number of hydrogen-bond donors (Lipinski definition) is 0. The second-order valence-electron chi connectivity index (χ2n) is 8.37. The molecule has 0 saturated heterocycles. The van der Waals surface area contributed by atoms with Crippen LogP contribution in [-0.2, 0) is 17.7 Å². The Labute approximate surface area is 201 Å². The quantitative estimate of drug-likeness (QED) is 0.195. The van der Waals surface area contributed by atoms with Crippen LogP contribution in [0, 0.1) is 11.8 Å². The van der Waals surface area contributed by atoms with Crippen molar-refractivity contribution in [2.75, 3.05) is 19.7 Å². The van der Waals surface area contributed by atoms with Crippen molar-refractivity contribution in [3.8, 4) is 23.0 Å². The van der Waals surface area contributed by atoms with Crippen LogP contribution in [0.4, 0.5) is 0 Å². The van der Waals surface area contributed by atoms with Crippen molar-refractivity contribution in [1.29, 1.82) is 0 Å². The number of carbonyl (C=O) groups excluding carboxylic acids is 1. The summed E-state index contributed by atoms with van der Waals surface area (Å²) in [6, 6.07) is 12.4. The van der Waals surface area contributed by atoms with Gasteiger partial charge in [0.2, 0.25) is 0 Å². The molecule has 0 amide bonds. The highest BCUT2D eigenvalue weighted by molar-refractivity contribution is 6.00. The highest BCUT2D eigenvalue weighted by atomic mass is 16.5. The molecular weight excluding hydrogens is 406 g/mol. The lowest BCUT2D eigenvalue weighted by molar-refractivity contribution is 0.0526. The molecule has 3 nitrogen and oxygen atoms in total. The van der Waals surface area contributed by atoms with Gasteiger partial charge in [-0.15, -0.1) is 0 Å². The van der Waals surface area contributed by atoms with Gasteiger partial charge in [0.15, 0.2) is 0 Å². The van der Waals surface area contributed by atoms with E-state index < -0.39 is 0 Å². The molecule has 3 heteroatoms. The van der Waals surface area contributed by atoms with Crippen molar-refractivity contribution < 1.29 is 9.53 Å². The van der Waals surface area contributed by atoms with Crippen molar-refractivity contribution in [2.45, 2.75) is 79.7 Å². The number of hydrogen-bond acceptors (Lipinski definition) is 3. The Morgan fingerprint density at radius 2 is 1.67 bits per heavy atom. The Morgan fingerprint density at radius 3 is 2.27 bits per heavy atom. The summed E-state index contributed by atoms with van der Waals surface area (Å²) in [5.74, 6) is 6.67. The highest BCUT2D eigenvalue weighted by Gasteiger charge is 2.24. The van der Waals surface area contributed by atoms with Gasteiger partial charge in [0.1, 0.15) is 0 Å². The van der Waals surface area contributed by atoms with Crippen molar-refractivity contribution >= 4 is 5.97 Å². The van der Waals surface area contributed by atoms with Gasteiger partial charge in [0, 0.05) is 18.5 Å². The SMILES string of the molecule is CCCCC#Cc1c(CN(CC)CC)cc(-c2ccccc2)c(C(=O)OCC)c1CCCC. The molecule has 0 aliphatic heterocycles. The normalized spacial score (nSPS) is 10.7. The summed E-state index contributed by atoms with van der Waals surface area (Å²) in [4.78, 5) is 15.7. The van der Waals surface area contributed by atoms with Crippen LogP contribution in [0.15, 0.2) is 36.4 Å². The van der Waals surface area contributed by atoms with E-state index in [0.717, 1.165) is 80.4 Å². The molecule has 2 aromatic rings. The number of unbranched alkanes of at least 4 members (excludes halogenated alkanes) is 3. The molecule has 0 aliphatic rings. The maximum absolute atomic E-state index is 13.3. The molecule has 0 aromatic heterocycles. The van der Waals surface area contributed by atoms with Gasteiger partial charge >= 0.3 is 5.97 Å². The lowest BCUT2D eigenvalue weighted by atomic mass is 9.86. The number of benzene rings is 2. The maximum atomic E-state index is 13.3. The maximum Gasteiger partial charge on any atom is 0.339 e. The van der Waals surface area contributed by atoms with Crippen LogP contribution in [0.3, 0.4) is 0 Å². The lowest BCUT2D eigenvalue weighted by Crippen LogP contribution is -2.24. The van der Waals surface area contributed by atoms with Crippen LogP contribution in [0.25, 0.3) is 11.1 Å². The molecule has 2 rings (SSSR count). The zero-order valence-corrected chi connectivity index (χ0v) is 21.3. The monoisotopic (exact) mass is 447 g/mol. The Morgan fingerprint density at radius 1 is 0.970 bits per heavy atom. The second kappa shape index (κ2) is 14.6. The van der Waals surface area contributed by atoms with E-state index in [1.165, 1.54) is 5.56 Å². The fourth-order valence-electron chi connectivity index (χ4n) is 4.07. The third-order valence-corrected chi connectivity index (χ3v) is 6.01. The van der Waals surface area contributed by atoms with Crippen molar-refractivity contribution in [2.24, 2.45) is 0 Å². The molecule has 2 aromatic carbocycles. The van der Waals surface area contributed by atoms with E-state index in [0.29, 0.717) is 12.2 Å². The number of rotatable bonds is 12. The van der Waals surface area contributed by atoms with Gasteiger partial charge in [-0.3, -0.25) is 4.90 Å². The van der Waals surface area contributed by atoms with Crippen LogP contribution < -0.4 is 0 Å². The van der Waals surface area contributed by atoms with Gasteiger partial charge in [-0.25, -0.2) is 4.79 Å². The van der Waals surface area contributed by atoms with Crippen LogP contribution in [-0.4, -0.2) is 30.6 Å². The van der Waals surface area contributed by atoms with E-state index in [1.807, 2.05) is 25.1 Å². The zero-order chi connectivity index (χ0) is 24.1. The largest absolute Gasteiger partial charge is 0.462 e. The number of esters is 1. The van der Waals surface area contributed by atoms with Gasteiger partial charge in [-0.2, -0.15) is 0 Å². The highest BCUT2D eigenvalue weighted by Crippen LogP contribution is 2.33. The average Bonchev–Trinajstić information content (AvgIpc) is 2.84. The molecule has 0 bridgehead atoms. The van der Waals surface area contributed by atoms with Gasteiger partial charge in [-0.05, 0) is 67.6 Å². The van der Waals surface area contributed by atoms with E-state index in [4.69, 9.17) is 4.74 Å². The molecule has 178 valence electrons. The molecule has 0 saturated carbocycles. The van der Waals surface area contributed by atoms with Crippen LogP contribution in [0.2, 0.25) is 0 Å². The van der Waals surface area contributed by atoms with Gasteiger partial charge in [0.05, 0.1) is 12.2 Å². The topological polar surface area (TPSA) is 29.5 Å². The number of ether oxygens (including phenoxy) is 1. The fraction of sp³-hybridized carbons (Fsp3) is 0.500. The van der Waals surface area contributed by atoms with Crippen LogP contribution >= 0.6 is 0 Å². The van der Waals surface area contributed by atoms with Crippen molar-refractivity contribution in [3.63, 3.8) is 0 Å². The van der Waals surface area contributed by atoms with Crippen LogP contribution in [0.5, 0.6) is 0 Å². The molecule has 0 N–H and O–H groups in total. The number of carbonyl (C=O) groups is 1. The second-order valence-corrected chi connectivity index (χ2v) is 8.37. The molecule has 33 heavy (non-hydrogen) atoms. The first-order valence-electron chi connectivity index (χ1n) is 12.7. The molecule has 0 unspecified atom stereocenters. The molecule has 0 spiro atoms. The minimum atomic E-state index is -0.242. The van der Waals surface area contributed by atoms with E-state index >= 15 is 0 Å². The van der Waals surface area contributed by atoms with E-state index in [2.05, 4.69) is 62.6 Å². The summed E-state index contributed by atoms with van der Waals surface area (Å²) in [7, 11) is 0. The first kappa shape index (κ1) is 26.7. The van der Waals surface area contributed by atoms with Crippen molar-refractivity contribution in [3.05, 3.63) is 58.7 Å². The Hall–Kier alpha value is -2.57. The first-order chi connectivity index (χ1) is 16.1.